The molecule has 1 saturated heterocycles. The maximum absolute atomic E-state index is 12.9. The van der Waals surface area contributed by atoms with Crippen LogP contribution in [0.2, 0.25) is 0 Å². The molecule has 1 fully saturated rings. The first-order chi connectivity index (χ1) is 30.5. The minimum Gasteiger partial charge on any atom is -0.462 e. The zero-order valence-corrected chi connectivity index (χ0v) is 40.8. The lowest BCUT2D eigenvalue weighted by Gasteiger charge is -2.40. The maximum atomic E-state index is 12.9. The first-order valence-corrected chi connectivity index (χ1v) is 27.4. The number of unbranched alkanes of at least 4 members (excludes halogenated alkanes) is 30. The fourth-order valence-electron chi connectivity index (χ4n) is 8.09. The summed E-state index contributed by atoms with van der Waals surface area (Å²) >= 11 is 0. The monoisotopic (exact) mass is 919 g/mol. The lowest BCUT2D eigenvalue weighted by atomic mass is 10.00. The third-order valence-corrected chi connectivity index (χ3v) is 12.8. The SMILES string of the molecule is CCCCCCCC/C=C\CCCCCCCCCC(=O)OC(COC(=O)CCCCCCCCCCCCCCCCCCCC)COC1OC(CS(=O)(=O)O)C(O)C(O)C1O. The van der Waals surface area contributed by atoms with Crippen LogP contribution in [0.5, 0.6) is 0 Å². The molecular weight excluding hydrogens is 825 g/mol. The quantitative estimate of drug-likeness (QED) is 0.0196. The standard InChI is InChI=1S/C50H94O12S/c1-3-5-7-9-11-13-15-17-19-21-23-24-26-28-30-32-34-36-38-45(51)59-40-43(41-60-50-49(55)48(54)47(53)44(62-50)42-63(56,57)58)61-46(52)39-37-35-33-31-29-27-25-22-20-18-16-14-12-10-8-6-4-2/h18,20,43-44,47-50,53-55H,3-17,19,21-42H2,1-2H3,(H,56,57,58)/b20-18-. The van der Waals surface area contributed by atoms with Crippen molar-refractivity contribution >= 4 is 22.1 Å². The number of esters is 2. The Kier molecular flexibility index (Phi) is 38.3. The van der Waals surface area contributed by atoms with E-state index in [1.807, 2.05) is 0 Å². The van der Waals surface area contributed by atoms with Crippen LogP contribution in [0.15, 0.2) is 12.2 Å². The van der Waals surface area contributed by atoms with Gasteiger partial charge < -0.3 is 34.3 Å². The van der Waals surface area contributed by atoms with Crippen LogP contribution in [0, 0.1) is 0 Å². The van der Waals surface area contributed by atoms with Crippen LogP contribution in [-0.4, -0.2) is 96.0 Å². The van der Waals surface area contributed by atoms with E-state index < -0.39 is 71.2 Å². The van der Waals surface area contributed by atoms with E-state index in [0.717, 1.165) is 51.4 Å². The van der Waals surface area contributed by atoms with E-state index in [0.29, 0.717) is 12.8 Å². The van der Waals surface area contributed by atoms with Gasteiger partial charge in [0.25, 0.3) is 10.1 Å². The Hall–Kier alpha value is -1.61. The summed E-state index contributed by atoms with van der Waals surface area (Å²) in [5, 5.41) is 31.0. The molecule has 63 heavy (non-hydrogen) atoms. The van der Waals surface area contributed by atoms with Gasteiger partial charge in [0.2, 0.25) is 0 Å². The molecule has 0 aromatic rings. The van der Waals surface area contributed by atoms with Crippen LogP contribution < -0.4 is 0 Å². The van der Waals surface area contributed by atoms with Crippen LogP contribution >= 0.6 is 0 Å². The summed E-state index contributed by atoms with van der Waals surface area (Å²) in [6.07, 6.45) is 35.3. The Morgan fingerprint density at radius 2 is 0.905 bits per heavy atom. The highest BCUT2D eigenvalue weighted by atomic mass is 32.2. The normalized spacial score (nSPS) is 19.7. The zero-order valence-electron chi connectivity index (χ0n) is 40.0. The second-order valence-electron chi connectivity index (χ2n) is 18.2. The molecule has 1 aliphatic rings. The van der Waals surface area contributed by atoms with Gasteiger partial charge in [-0.05, 0) is 38.5 Å². The smallest absolute Gasteiger partial charge is 0.306 e. The molecule has 0 aromatic heterocycles. The molecule has 1 heterocycles. The number of aliphatic hydroxyl groups is 3. The molecule has 372 valence electrons. The molecule has 0 saturated carbocycles. The summed E-state index contributed by atoms with van der Waals surface area (Å²) in [5.41, 5.74) is 0. The number of carbonyl (C=O) groups is 2. The first kappa shape index (κ1) is 59.4. The maximum Gasteiger partial charge on any atom is 0.306 e. The van der Waals surface area contributed by atoms with Crippen molar-refractivity contribution in [2.45, 2.75) is 275 Å². The number of aliphatic hydroxyl groups excluding tert-OH is 3. The molecule has 0 aliphatic carbocycles. The second kappa shape index (κ2) is 40.6. The predicted octanol–water partition coefficient (Wildman–Crippen LogP) is 11.4. The average molecular weight is 919 g/mol. The lowest BCUT2D eigenvalue weighted by molar-refractivity contribution is -0.297. The molecule has 4 N–H and O–H groups in total. The minimum atomic E-state index is -4.60. The van der Waals surface area contributed by atoms with Gasteiger partial charge in [0.05, 0.1) is 6.61 Å². The van der Waals surface area contributed by atoms with E-state index in [4.69, 9.17) is 18.9 Å². The molecule has 6 atom stereocenters. The molecule has 0 radical (unpaired) electrons. The molecule has 6 unspecified atom stereocenters. The fourth-order valence-corrected chi connectivity index (χ4v) is 8.78. The van der Waals surface area contributed by atoms with E-state index in [-0.39, 0.29) is 19.4 Å². The van der Waals surface area contributed by atoms with Gasteiger partial charge in [0.1, 0.15) is 36.8 Å². The van der Waals surface area contributed by atoms with Gasteiger partial charge in [-0.1, -0.05) is 199 Å². The zero-order chi connectivity index (χ0) is 46.2. The van der Waals surface area contributed by atoms with Crippen molar-refractivity contribution in [3.8, 4) is 0 Å². The van der Waals surface area contributed by atoms with Crippen molar-refractivity contribution in [2.75, 3.05) is 19.0 Å². The molecule has 0 amide bonds. The Morgan fingerprint density at radius 3 is 1.32 bits per heavy atom. The van der Waals surface area contributed by atoms with Crippen LogP contribution in [0.1, 0.15) is 239 Å². The van der Waals surface area contributed by atoms with Gasteiger partial charge in [-0.25, -0.2) is 0 Å². The third kappa shape index (κ3) is 35.3. The van der Waals surface area contributed by atoms with Crippen LogP contribution in [0.4, 0.5) is 0 Å². The highest BCUT2D eigenvalue weighted by molar-refractivity contribution is 7.85. The van der Waals surface area contributed by atoms with Gasteiger partial charge in [-0.2, -0.15) is 8.42 Å². The highest BCUT2D eigenvalue weighted by Crippen LogP contribution is 2.24. The van der Waals surface area contributed by atoms with Crippen molar-refractivity contribution in [1.82, 2.24) is 0 Å². The van der Waals surface area contributed by atoms with Crippen molar-refractivity contribution in [3.05, 3.63) is 12.2 Å². The van der Waals surface area contributed by atoms with Crippen LogP contribution in [-0.2, 0) is 38.7 Å². The summed E-state index contributed by atoms with van der Waals surface area (Å²) < 4.78 is 54.2. The third-order valence-electron chi connectivity index (χ3n) is 12.1. The van der Waals surface area contributed by atoms with Crippen molar-refractivity contribution in [3.63, 3.8) is 0 Å². The number of rotatable bonds is 44. The molecule has 0 spiro atoms. The first-order valence-electron chi connectivity index (χ1n) is 25.7. The molecule has 1 aliphatic heterocycles. The van der Waals surface area contributed by atoms with Gasteiger partial charge in [0, 0.05) is 12.8 Å². The Morgan fingerprint density at radius 1 is 0.524 bits per heavy atom. The van der Waals surface area contributed by atoms with E-state index in [2.05, 4.69) is 26.0 Å². The minimum absolute atomic E-state index is 0.164. The number of hydrogen-bond donors (Lipinski definition) is 4. The molecular formula is C50H94O12S. The van der Waals surface area contributed by atoms with Gasteiger partial charge >= 0.3 is 11.9 Å². The van der Waals surface area contributed by atoms with Crippen LogP contribution in [0.25, 0.3) is 0 Å². The summed E-state index contributed by atoms with van der Waals surface area (Å²) in [4.78, 5) is 25.5. The van der Waals surface area contributed by atoms with Gasteiger partial charge in [-0.3, -0.25) is 14.1 Å². The Balaban J connectivity index is 2.37. The Bertz CT molecular complexity index is 1210. The highest BCUT2D eigenvalue weighted by Gasteiger charge is 2.46. The van der Waals surface area contributed by atoms with E-state index in [1.165, 1.54) is 148 Å². The molecule has 12 nitrogen and oxygen atoms in total. The van der Waals surface area contributed by atoms with Crippen molar-refractivity contribution in [1.29, 1.82) is 0 Å². The van der Waals surface area contributed by atoms with E-state index in [9.17, 15) is 37.9 Å². The molecule has 13 heteroatoms. The molecule has 0 aromatic carbocycles. The van der Waals surface area contributed by atoms with Crippen molar-refractivity contribution in [2.24, 2.45) is 0 Å². The largest absolute Gasteiger partial charge is 0.462 e. The summed E-state index contributed by atoms with van der Waals surface area (Å²) in [6, 6.07) is 0. The lowest BCUT2D eigenvalue weighted by Crippen LogP contribution is -2.60. The van der Waals surface area contributed by atoms with Gasteiger partial charge in [-0.15, -0.1) is 0 Å². The van der Waals surface area contributed by atoms with E-state index in [1.54, 1.807) is 0 Å². The number of ether oxygens (including phenoxy) is 4. The molecule has 1 rings (SSSR count). The topological polar surface area (TPSA) is 186 Å². The summed E-state index contributed by atoms with van der Waals surface area (Å²) in [5.74, 6) is -1.97. The Labute approximate surface area is 384 Å². The fraction of sp³-hybridized carbons (Fsp3) is 0.920. The van der Waals surface area contributed by atoms with Crippen molar-refractivity contribution < 1.29 is 56.8 Å². The number of carbonyl (C=O) groups excluding carboxylic acids is 2. The molecule has 0 bridgehead atoms. The van der Waals surface area contributed by atoms with Crippen LogP contribution in [0.3, 0.4) is 0 Å². The number of hydrogen-bond acceptors (Lipinski definition) is 11. The summed E-state index contributed by atoms with van der Waals surface area (Å²) in [6.45, 7) is 3.79. The van der Waals surface area contributed by atoms with E-state index >= 15 is 0 Å². The second-order valence-corrected chi connectivity index (χ2v) is 19.7. The number of allylic oxidation sites excluding steroid dienone is 2. The van der Waals surface area contributed by atoms with Gasteiger partial charge in [0.15, 0.2) is 12.4 Å². The predicted molar refractivity (Wildman–Crippen MR) is 252 cm³/mol. The summed E-state index contributed by atoms with van der Waals surface area (Å²) in [7, 11) is -4.60. The average Bonchev–Trinajstić information content (AvgIpc) is 3.25.